The van der Waals surface area contributed by atoms with Crippen LogP contribution in [0.1, 0.15) is 98.8 Å². The van der Waals surface area contributed by atoms with E-state index in [1.54, 1.807) is 0 Å². The first-order valence-corrected chi connectivity index (χ1v) is 9.53. The zero-order valence-electron chi connectivity index (χ0n) is 15.7. The highest BCUT2D eigenvalue weighted by Crippen LogP contribution is 2.22. The number of rotatable bonds is 14. The largest absolute Gasteiger partial charge is 0.481 e. The SMILES string of the molecule is CC(C)CCC[C@@H](C)CCC[C@@H](C)CCCC(C)CC(=O)O. The molecular weight excluding hydrogens is 272 g/mol. The minimum Gasteiger partial charge on any atom is -0.481 e. The third-order valence-corrected chi connectivity index (χ3v) is 4.79. The van der Waals surface area contributed by atoms with E-state index >= 15 is 0 Å². The summed E-state index contributed by atoms with van der Waals surface area (Å²) in [6.07, 6.45) is 12.0. The van der Waals surface area contributed by atoms with Crippen LogP contribution in [0.15, 0.2) is 0 Å². The van der Waals surface area contributed by atoms with Crippen molar-refractivity contribution in [1.29, 1.82) is 0 Å². The molecule has 0 aromatic carbocycles. The lowest BCUT2D eigenvalue weighted by atomic mass is 9.91. The molecule has 0 fully saturated rings. The summed E-state index contributed by atoms with van der Waals surface area (Å²) in [5.74, 6) is 2.18. The van der Waals surface area contributed by atoms with Crippen molar-refractivity contribution in [2.75, 3.05) is 0 Å². The normalized spacial score (nSPS) is 15.7. The summed E-state index contributed by atoms with van der Waals surface area (Å²) in [4.78, 5) is 10.6. The molecule has 0 bridgehead atoms. The first kappa shape index (κ1) is 21.5. The van der Waals surface area contributed by atoms with Gasteiger partial charge in [0.25, 0.3) is 0 Å². The maximum atomic E-state index is 10.6. The molecule has 22 heavy (non-hydrogen) atoms. The fraction of sp³-hybridized carbons (Fsp3) is 0.950. The molecule has 3 atom stereocenters. The molecule has 132 valence electrons. The smallest absolute Gasteiger partial charge is 0.303 e. The predicted molar refractivity (Wildman–Crippen MR) is 96.1 cm³/mol. The van der Waals surface area contributed by atoms with Crippen molar-refractivity contribution in [3.8, 4) is 0 Å². The van der Waals surface area contributed by atoms with E-state index in [0.29, 0.717) is 12.3 Å². The van der Waals surface area contributed by atoms with Gasteiger partial charge in [0.2, 0.25) is 0 Å². The lowest BCUT2D eigenvalue weighted by molar-refractivity contribution is -0.138. The molecule has 0 spiro atoms. The second-order valence-corrected chi connectivity index (χ2v) is 8.10. The van der Waals surface area contributed by atoms with Crippen LogP contribution < -0.4 is 0 Å². The molecule has 0 heterocycles. The van der Waals surface area contributed by atoms with Gasteiger partial charge < -0.3 is 5.11 Å². The molecule has 0 aliphatic heterocycles. The van der Waals surface area contributed by atoms with Gasteiger partial charge in [-0.1, -0.05) is 92.4 Å². The summed E-state index contributed by atoms with van der Waals surface area (Å²) in [5.41, 5.74) is 0. The van der Waals surface area contributed by atoms with Gasteiger partial charge in [-0.3, -0.25) is 4.79 Å². The number of aliphatic carboxylic acids is 1. The number of hydrogen-bond acceptors (Lipinski definition) is 1. The highest BCUT2D eigenvalue weighted by Gasteiger charge is 2.09. The van der Waals surface area contributed by atoms with Gasteiger partial charge in [0, 0.05) is 6.42 Å². The summed E-state index contributed by atoms with van der Waals surface area (Å²) in [7, 11) is 0. The monoisotopic (exact) mass is 312 g/mol. The number of carbonyl (C=O) groups is 1. The molecular formula is C20H40O2. The Kier molecular flexibility index (Phi) is 12.6. The van der Waals surface area contributed by atoms with Crippen molar-refractivity contribution in [3.05, 3.63) is 0 Å². The molecule has 0 aromatic rings. The molecule has 1 N–H and O–H groups in total. The van der Waals surface area contributed by atoms with Crippen molar-refractivity contribution in [1.82, 2.24) is 0 Å². The summed E-state index contributed by atoms with van der Waals surface area (Å²) in [5, 5.41) is 8.75. The van der Waals surface area contributed by atoms with Crippen LogP contribution in [0, 0.1) is 23.7 Å². The van der Waals surface area contributed by atoms with Crippen molar-refractivity contribution in [2.45, 2.75) is 98.8 Å². The van der Waals surface area contributed by atoms with E-state index in [4.69, 9.17) is 5.11 Å². The van der Waals surface area contributed by atoms with E-state index < -0.39 is 5.97 Å². The van der Waals surface area contributed by atoms with Gasteiger partial charge in [0.1, 0.15) is 0 Å². The molecule has 0 aliphatic rings. The molecule has 2 heteroatoms. The summed E-state index contributed by atoms with van der Waals surface area (Å²) in [6.45, 7) is 11.4. The third-order valence-electron chi connectivity index (χ3n) is 4.79. The lowest BCUT2D eigenvalue weighted by Crippen LogP contribution is -2.05. The first-order valence-electron chi connectivity index (χ1n) is 9.53. The van der Waals surface area contributed by atoms with E-state index in [-0.39, 0.29) is 0 Å². The Morgan fingerprint density at radius 1 is 0.682 bits per heavy atom. The number of carboxylic acid groups (broad SMARTS) is 1. The van der Waals surface area contributed by atoms with Gasteiger partial charge in [-0.05, 0) is 23.7 Å². The van der Waals surface area contributed by atoms with Crippen LogP contribution in [0.5, 0.6) is 0 Å². The average Bonchev–Trinajstić information content (AvgIpc) is 2.37. The lowest BCUT2D eigenvalue weighted by Gasteiger charge is -2.15. The Labute approximate surface area is 139 Å². The van der Waals surface area contributed by atoms with E-state index in [2.05, 4.69) is 34.6 Å². The van der Waals surface area contributed by atoms with Gasteiger partial charge in [-0.25, -0.2) is 0 Å². The van der Waals surface area contributed by atoms with Crippen LogP contribution in [0.4, 0.5) is 0 Å². The van der Waals surface area contributed by atoms with Crippen molar-refractivity contribution in [2.24, 2.45) is 23.7 Å². The van der Waals surface area contributed by atoms with E-state index in [1.807, 2.05) is 0 Å². The molecule has 0 aromatic heterocycles. The van der Waals surface area contributed by atoms with Crippen LogP contribution in [-0.4, -0.2) is 11.1 Å². The van der Waals surface area contributed by atoms with E-state index in [9.17, 15) is 4.79 Å². The van der Waals surface area contributed by atoms with Crippen LogP contribution in [-0.2, 0) is 4.79 Å². The number of hydrogen-bond donors (Lipinski definition) is 1. The zero-order chi connectivity index (χ0) is 17.0. The van der Waals surface area contributed by atoms with E-state index in [1.165, 1.54) is 51.4 Å². The van der Waals surface area contributed by atoms with Crippen molar-refractivity contribution < 1.29 is 9.90 Å². The Hall–Kier alpha value is -0.530. The summed E-state index contributed by atoms with van der Waals surface area (Å²) < 4.78 is 0. The van der Waals surface area contributed by atoms with Crippen LogP contribution in [0.3, 0.4) is 0 Å². The Bertz CT molecular complexity index is 273. The summed E-state index contributed by atoms with van der Waals surface area (Å²) >= 11 is 0. The second kappa shape index (κ2) is 13.0. The predicted octanol–water partition coefficient (Wildman–Crippen LogP) is 6.54. The van der Waals surface area contributed by atoms with Gasteiger partial charge in [0.15, 0.2) is 0 Å². The van der Waals surface area contributed by atoms with Crippen LogP contribution in [0.2, 0.25) is 0 Å². The maximum absolute atomic E-state index is 10.6. The Morgan fingerprint density at radius 2 is 1.05 bits per heavy atom. The fourth-order valence-corrected chi connectivity index (χ4v) is 3.19. The molecule has 0 amide bonds. The maximum Gasteiger partial charge on any atom is 0.303 e. The van der Waals surface area contributed by atoms with Crippen LogP contribution in [0.25, 0.3) is 0 Å². The van der Waals surface area contributed by atoms with Crippen molar-refractivity contribution >= 4 is 5.97 Å². The molecule has 0 saturated carbocycles. The minimum atomic E-state index is -0.660. The minimum absolute atomic E-state index is 0.322. The third kappa shape index (κ3) is 14.4. The first-order chi connectivity index (χ1) is 10.3. The topological polar surface area (TPSA) is 37.3 Å². The number of carboxylic acids is 1. The highest BCUT2D eigenvalue weighted by atomic mass is 16.4. The van der Waals surface area contributed by atoms with E-state index in [0.717, 1.165) is 24.2 Å². The van der Waals surface area contributed by atoms with Gasteiger partial charge in [0.05, 0.1) is 0 Å². The molecule has 0 rings (SSSR count). The Morgan fingerprint density at radius 3 is 1.41 bits per heavy atom. The van der Waals surface area contributed by atoms with Crippen molar-refractivity contribution in [3.63, 3.8) is 0 Å². The van der Waals surface area contributed by atoms with Gasteiger partial charge in [-0.15, -0.1) is 0 Å². The molecule has 1 unspecified atom stereocenters. The molecule has 0 radical (unpaired) electrons. The second-order valence-electron chi connectivity index (χ2n) is 8.10. The standard InChI is InChI=1S/C20H40O2/c1-16(2)9-6-10-17(3)11-7-12-18(4)13-8-14-19(5)15-20(21)22/h16-19H,6-15H2,1-5H3,(H,21,22)/t17-,18-,19?/m1/s1. The van der Waals surface area contributed by atoms with Crippen LogP contribution >= 0.6 is 0 Å². The molecule has 0 aliphatic carbocycles. The molecule has 2 nitrogen and oxygen atoms in total. The molecule has 0 saturated heterocycles. The quantitative estimate of drug-likeness (QED) is 0.395. The average molecular weight is 313 g/mol. The zero-order valence-corrected chi connectivity index (χ0v) is 15.7. The highest BCUT2D eigenvalue weighted by molar-refractivity contribution is 5.66. The fourth-order valence-electron chi connectivity index (χ4n) is 3.19. The summed E-state index contributed by atoms with van der Waals surface area (Å²) in [6, 6.07) is 0. The van der Waals surface area contributed by atoms with Gasteiger partial charge in [-0.2, -0.15) is 0 Å². The van der Waals surface area contributed by atoms with Gasteiger partial charge >= 0.3 is 5.97 Å². The Balaban J connectivity index is 3.52.